The number of nitrogens with one attached hydrogen (secondary N) is 1. The average Bonchev–Trinajstić information content (AvgIpc) is 3.52. The number of fused-ring (bicyclic) bond motifs is 4. The van der Waals surface area contributed by atoms with Gasteiger partial charge in [-0.2, -0.15) is 0 Å². The summed E-state index contributed by atoms with van der Waals surface area (Å²) in [6.45, 7) is 3.95. The Kier molecular flexibility index (Phi) is 6.32. The predicted octanol–water partition coefficient (Wildman–Crippen LogP) is 3.90. The summed E-state index contributed by atoms with van der Waals surface area (Å²) in [4.78, 5) is 33.8. The van der Waals surface area contributed by atoms with Crippen molar-refractivity contribution >= 4 is 22.7 Å². The highest BCUT2D eigenvalue weighted by Crippen LogP contribution is 2.49. The van der Waals surface area contributed by atoms with Gasteiger partial charge in [0.25, 0.3) is 0 Å². The predicted molar refractivity (Wildman–Crippen MR) is 131 cm³/mol. The lowest BCUT2D eigenvalue weighted by Gasteiger charge is -2.50. The quantitative estimate of drug-likeness (QED) is 0.698. The Morgan fingerprint density at radius 1 is 1.21 bits per heavy atom. The second kappa shape index (κ2) is 9.25. The van der Waals surface area contributed by atoms with Crippen molar-refractivity contribution in [3.05, 3.63) is 29.5 Å². The first-order chi connectivity index (χ1) is 16.5. The molecule has 1 aliphatic carbocycles. The standard InChI is InChI=1S/C27H37N3O4/c1-3-6-23(32)29-13-11-27(12-14-29)17-30(26(33)18-7-4-5-8-18)22(16-31)25-24(27)20-10-9-19(34-2)15-21(20)28-25/h9-10,15,18,22,28,31H,3-8,11-14,16-17H2,1-2H3/t22-/m1/s1. The number of aromatic nitrogens is 1. The van der Waals surface area contributed by atoms with Gasteiger partial charge in [-0.15, -0.1) is 0 Å². The van der Waals surface area contributed by atoms with E-state index in [9.17, 15) is 14.7 Å². The molecule has 34 heavy (non-hydrogen) atoms. The number of methoxy groups -OCH3 is 1. The maximum atomic E-state index is 13.7. The molecular formula is C27H37N3O4. The summed E-state index contributed by atoms with van der Waals surface area (Å²) in [6, 6.07) is 5.71. The van der Waals surface area contributed by atoms with Crippen molar-refractivity contribution in [3.8, 4) is 5.75 Å². The summed E-state index contributed by atoms with van der Waals surface area (Å²) in [5.41, 5.74) is 2.92. The molecule has 0 bridgehead atoms. The van der Waals surface area contributed by atoms with E-state index in [0.717, 1.165) is 67.3 Å². The van der Waals surface area contributed by atoms with E-state index in [2.05, 4.69) is 11.1 Å². The van der Waals surface area contributed by atoms with Crippen molar-refractivity contribution in [1.29, 1.82) is 0 Å². The lowest BCUT2D eigenvalue weighted by atomic mass is 9.68. The van der Waals surface area contributed by atoms with E-state index in [1.807, 2.05) is 28.9 Å². The number of aromatic amines is 1. The number of rotatable bonds is 5. The van der Waals surface area contributed by atoms with E-state index in [-0.39, 0.29) is 35.8 Å². The number of H-pyrrole nitrogens is 1. The molecule has 7 nitrogen and oxygen atoms in total. The molecule has 184 valence electrons. The molecule has 1 spiro atoms. The van der Waals surface area contributed by atoms with Crippen molar-refractivity contribution < 1.29 is 19.4 Å². The van der Waals surface area contributed by atoms with Crippen LogP contribution >= 0.6 is 0 Å². The summed E-state index contributed by atoms with van der Waals surface area (Å²) < 4.78 is 5.46. The maximum Gasteiger partial charge on any atom is 0.226 e. The zero-order valence-corrected chi connectivity index (χ0v) is 20.4. The van der Waals surface area contributed by atoms with Gasteiger partial charge in [-0.1, -0.05) is 19.8 Å². The summed E-state index contributed by atoms with van der Waals surface area (Å²) in [5.74, 6) is 1.24. The highest BCUT2D eigenvalue weighted by atomic mass is 16.5. The van der Waals surface area contributed by atoms with Gasteiger partial charge in [0.15, 0.2) is 0 Å². The van der Waals surface area contributed by atoms with Crippen LogP contribution < -0.4 is 4.74 Å². The molecule has 3 heterocycles. The molecular weight excluding hydrogens is 430 g/mol. The lowest BCUT2D eigenvalue weighted by Crippen LogP contribution is -2.56. The van der Waals surface area contributed by atoms with Crippen molar-refractivity contribution in [3.63, 3.8) is 0 Å². The first-order valence-electron chi connectivity index (χ1n) is 12.9. The van der Waals surface area contributed by atoms with Gasteiger partial charge in [0.2, 0.25) is 11.8 Å². The van der Waals surface area contributed by atoms with Gasteiger partial charge >= 0.3 is 0 Å². The fraction of sp³-hybridized carbons (Fsp3) is 0.630. The first-order valence-corrected chi connectivity index (χ1v) is 12.9. The summed E-state index contributed by atoms with van der Waals surface area (Å²) >= 11 is 0. The number of hydrogen-bond donors (Lipinski definition) is 2. The van der Waals surface area contributed by atoms with E-state index in [4.69, 9.17) is 4.74 Å². The molecule has 5 rings (SSSR count). The number of likely N-dealkylation sites (tertiary alicyclic amines) is 1. The minimum absolute atomic E-state index is 0.0587. The monoisotopic (exact) mass is 467 g/mol. The van der Waals surface area contributed by atoms with Gasteiger partial charge in [0.1, 0.15) is 5.75 Å². The highest BCUT2D eigenvalue weighted by Gasteiger charge is 2.49. The molecule has 7 heteroatoms. The summed E-state index contributed by atoms with van der Waals surface area (Å²) in [7, 11) is 1.66. The molecule has 2 aromatic rings. The Morgan fingerprint density at radius 3 is 2.59 bits per heavy atom. The van der Waals surface area contributed by atoms with Gasteiger partial charge in [-0.05, 0) is 49.8 Å². The van der Waals surface area contributed by atoms with Gasteiger partial charge < -0.3 is 24.6 Å². The van der Waals surface area contributed by atoms with Crippen LogP contribution in [0, 0.1) is 5.92 Å². The third kappa shape index (κ3) is 3.78. The van der Waals surface area contributed by atoms with E-state index in [1.54, 1.807) is 7.11 Å². The zero-order valence-electron chi connectivity index (χ0n) is 20.4. The van der Waals surface area contributed by atoms with Gasteiger partial charge in [0.05, 0.1) is 19.8 Å². The summed E-state index contributed by atoms with van der Waals surface area (Å²) in [5, 5.41) is 11.6. The van der Waals surface area contributed by atoms with Crippen molar-refractivity contribution in [2.24, 2.45) is 5.92 Å². The fourth-order valence-electron chi connectivity index (χ4n) is 6.61. The number of benzene rings is 1. The number of aliphatic hydroxyl groups is 1. The molecule has 0 unspecified atom stereocenters. The Labute approximate surface area is 201 Å². The van der Waals surface area contributed by atoms with E-state index < -0.39 is 0 Å². The Morgan fingerprint density at radius 2 is 1.94 bits per heavy atom. The third-order valence-corrected chi connectivity index (χ3v) is 8.45. The number of nitrogens with zero attached hydrogens (tertiary/aromatic N) is 2. The van der Waals surface area contributed by atoms with Crippen LogP contribution in [0.2, 0.25) is 0 Å². The minimum Gasteiger partial charge on any atom is -0.497 e. The molecule has 2 amide bonds. The molecule has 1 atom stereocenters. The molecule has 2 aliphatic heterocycles. The Hall–Kier alpha value is -2.54. The number of aliphatic hydroxyl groups excluding tert-OH is 1. The summed E-state index contributed by atoms with van der Waals surface area (Å²) in [6.07, 6.45) is 7.17. The molecule has 3 aliphatic rings. The van der Waals surface area contributed by atoms with Gasteiger partial charge in [0, 0.05) is 60.1 Å². The van der Waals surface area contributed by atoms with Crippen LogP contribution in [0.4, 0.5) is 0 Å². The molecule has 1 saturated carbocycles. The molecule has 1 saturated heterocycles. The van der Waals surface area contributed by atoms with Crippen molar-refractivity contribution in [1.82, 2.24) is 14.8 Å². The number of amides is 2. The second-order valence-electron chi connectivity index (χ2n) is 10.4. The molecule has 1 aromatic carbocycles. The van der Waals surface area contributed by atoms with E-state index in [1.165, 1.54) is 5.56 Å². The molecule has 1 aromatic heterocycles. The highest BCUT2D eigenvalue weighted by molar-refractivity contribution is 5.89. The minimum atomic E-state index is -0.369. The second-order valence-corrected chi connectivity index (χ2v) is 10.4. The number of carbonyl (C=O) groups is 2. The fourth-order valence-corrected chi connectivity index (χ4v) is 6.61. The largest absolute Gasteiger partial charge is 0.497 e. The Balaban J connectivity index is 1.58. The van der Waals surface area contributed by atoms with Crippen LogP contribution in [0.15, 0.2) is 18.2 Å². The van der Waals surface area contributed by atoms with Crippen LogP contribution in [0.1, 0.15) is 75.6 Å². The van der Waals surface area contributed by atoms with Crippen molar-refractivity contribution in [2.75, 3.05) is 33.4 Å². The third-order valence-electron chi connectivity index (χ3n) is 8.45. The topological polar surface area (TPSA) is 85.9 Å². The normalized spacial score (nSPS) is 22.4. The van der Waals surface area contributed by atoms with Crippen LogP contribution in [0.25, 0.3) is 10.9 Å². The molecule has 2 fully saturated rings. The van der Waals surface area contributed by atoms with Crippen LogP contribution in [-0.4, -0.2) is 65.1 Å². The Bertz CT molecular complexity index is 1060. The first kappa shape index (κ1) is 23.2. The van der Waals surface area contributed by atoms with Crippen LogP contribution in [-0.2, 0) is 15.0 Å². The number of piperidine rings is 1. The molecule has 2 N–H and O–H groups in total. The van der Waals surface area contributed by atoms with E-state index in [0.29, 0.717) is 26.1 Å². The van der Waals surface area contributed by atoms with Gasteiger partial charge in [-0.3, -0.25) is 9.59 Å². The SMILES string of the molecule is CCCC(=O)N1CCC2(CC1)CN(C(=O)C1CCCC1)[C@H](CO)c1[nH]c3cc(OC)ccc3c12. The number of hydrogen-bond acceptors (Lipinski definition) is 4. The number of ether oxygens (including phenoxy) is 1. The zero-order chi connectivity index (χ0) is 23.9. The average molecular weight is 468 g/mol. The molecule has 0 radical (unpaired) electrons. The van der Waals surface area contributed by atoms with E-state index >= 15 is 0 Å². The van der Waals surface area contributed by atoms with Gasteiger partial charge in [-0.25, -0.2) is 0 Å². The van der Waals surface area contributed by atoms with Crippen molar-refractivity contribution in [2.45, 2.75) is 69.7 Å². The number of carbonyl (C=O) groups excluding carboxylic acids is 2. The van der Waals surface area contributed by atoms with Crippen LogP contribution in [0.5, 0.6) is 5.75 Å². The lowest BCUT2D eigenvalue weighted by molar-refractivity contribution is -0.143. The van der Waals surface area contributed by atoms with Crippen LogP contribution in [0.3, 0.4) is 0 Å². The smallest absolute Gasteiger partial charge is 0.226 e. The maximum absolute atomic E-state index is 13.7.